The third-order valence-corrected chi connectivity index (χ3v) is 1.90. The third kappa shape index (κ3) is 5.09. The van der Waals surface area contributed by atoms with E-state index in [2.05, 4.69) is 18.8 Å². The van der Waals surface area contributed by atoms with E-state index >= 15 is 0 Å². The minimum atomic E-state index is -0.0684. The van der Waals surface area contributed by atoms with Crippen molar-refractivity contribution in [2.45, 2.75) is 20.5 Å². The zero-order chi connectivity index (χ0) is 11.8. The molecule has 0 fully saturated rings. The average molecular weight is 225 g/mol. The molecule has 4 nitrogen and oxygen atoms in total. The fourth-order valence-electron chi connectivity index (χ4n) is 1.17. The molecule has 0 bridgehead atoms. The topological polar surface area (TPSA) is 51.6 Å². The van der Waals surface area contributed by atoms with E-state index in [1.54, 1.807) is 18.3 Å². The molecule has 1 heterocycles. The molecule has 0 amide bonds. The minimum Gasteiger partial charge on any atom is -0.491 e. The molecule has 0 saturated carbocycles. The lowest BCUT2D eigenvalue weighted by Gasteiger charge is -2.08. The Balaban J connectivity index is 2.21. The number of hydrogen-bond acceptors (Lipinski definition) is 4. The molecule has 0 spiro atoms. The van der Waals surface area contributed by atoms with E-state index < -0.39 is 0 Å². The van der Waals surface area contributed by atoms with Crippen LogP contribution in [0.2, 0.25) is 0 Å². The first-order valence-electron chi connectivity index (χ1n) is 5.48. The Morgan fingerprint density at radius 1 is 1.38 bits per heavy atom. The van der Waals surface area contributed by atoms with Gasteiger partial charge < -0.3 is 14.6 Å². The molecule has 0 radical (unpaired) electrons. The molecule has 1 aromatic rings. The van der Waals surface area contributed by atoms with Gasteiger partial charge in [-0.1, -0.05) is 13.8 Å². The van der Waals surface area contributed by atoms with Gasteiger partial charge in [-0.15, -0.1) is 0 Å². The van der Waals surface area contributed by atoms with Crippen molar-refractivity contribution in [2.75, 3.05) is 19.8 Å². The Labute approximate surface area is 96.2 Å². The van der Waals surface area contributed by atoms with Crippen molar-refractivity contribution < 1.29 is 14.6 Å². The summed E-state index contributed by atoms with van der Waals surface area (Å²) in [4.78, 5) is 3.96. The van der Waals surface area contributed by atoms with Crippen molar-refractivity contribution in [3.63, 3.8) is 0 Å². The minimum absolute atomic E-state index is 0.0684. The SMILES string of the molecule is CC(C)COCCOc1ccnc(CO)c1. The van der Waals surface area contributed by atoms with Gasteiger partial charge in [0.15, 0.2) is 0 Å². The van der Waals surface area contributed by atoms with E-state index in [1.807, 2.05) is 0 Å². The fraction of sp³-hybridized carbons (Fsp3) is 0.583. The van der Waals surface area contributed by atoms with Gasteiger partial charge in [-0.2, -0.15) is 0 Å². The lowest BCUT2D eigenvalue weighted by atomic mass is 10.2. The van der Waals surface area contributed by atoms with Crippen LogP contribution in [0.5, 0.6) is 5.75 Å². The zero-order valence-corrected chi connectivity index (χ0v) is 9.85. The molecule has 4 heteroatoms. The van der Waals surface area contributed by atoms with Crippen LogP contribution in [0, 0.1) is 5.92 Å². The molecule has 0 aliphatic rings. The van der Waals surface area contributed by atoms with Crippen molar-refractivity contribution in [3.8, 4) is 5.75 Å². The lowest BCUT2D eigenvalue weighted by molar-refractivity contribution is 0.0818. The zero-order valence-electron chi connectivity index (χ0n) is 9.85. The number of nitrogens with zero attached hydrogens (tertiary/aromatic N) is 1. The van der Waals surface area contributed by atoms with Crippen molar-refractivity contribution >= 4 is 0 Å². The van der Waals surface area contributed by atoms with Gasteiger partial charge in [-0.25, -0.2) is 0 Å². The monoisotopic (exact) mass is 225 g/mol. The first kappa shape index (κ1) is 12.9. The van der Waals surface area contributed by atoms with Crippen molar-refractivity contribution in [3.05, 3.63) is 24.0 Å². The summed E-state index contributed by atoms with van der Waals surface area (Å²) in [6, 6.07) is 3.49. The number of ether oxygens (including phenoxy) is 2. The fourth-order valence-corrected chi connectivity index (χ4v) is 1.17. The quantitative estimate of drug-likeness (QED) is 0.716. The molecule has 16 heavy (non-hydrogen) atoms. The third-order valence-electron chi connectivity index (χ3n) is 1.90. The maximum atomic E-state index is 8.89. The van der Waals surface area contributed by atoms with E-state index in [-0.39, 0.29) is 6.61 Å². The predicted molar refractivity (Wildman–Crippen MR) is 61.3 cm³/mol. The molecule has 0 unspecified atom stereocenters. The largest absolute Gasteiger partial charge is 0.491 e. The molecule has 1 rings (SSSR count). The summed E-state index contributed by atoms with van der Waals surface area (Å²) in [5.74, 6) is 1.26. The smallest absolute Gasteiger partial charge is 0.122 e. The van der Waals surface area contributed by atoms with Crippen LogP contribution in [0.15, 0.2) is 18.3 Å². The second kappa shape index (κ2) is 7.19. The second-order valence-electron chi connectivity index (χ2n) is 3.96. The van der Waals surface area contributed by atoms with E-state index in [9.17, 15) is 0 Å². The number of rotatable bonds is 7. The molecule has 90 valence electrons. The van der Waals surface area contributed by atoms with Gasteiger partial charge in [0.05, 0.1) is 18.9 Å². The standard InChI is InChI=1S/C12H19NO3/c1-10(2)9-15-5-6-16-12-3-4-13-11(7-12)8-14/h3-4,7,10,14H,5-6,8-9H2,1-2H3. The van der Waals surface area contributed by atoms with Crippen LogP contribution in [0.25, 0.3) is 0 Å². The molecule has 1 aromatic heterocycles. The van der Waals surface area contributed by atoms with Crippen LogP contribution < -0.4 is 4.74 Å². The summed E-state index contributed by atoms with van der Waals surface area (Å²) in [6.45, 7) is 5.99. The van der Waals surface area contributed by atoms with Crippen molar-refractivity contribution in [1.29, 1.82) is 0 Å². The Hall–Kier alpha value is -1.13. The highest BCUT2D eigenvalue weighted by Crippen LogP contribution is 2.10. The van der Waals surface area contributed by atoms with E-state index in [0.717, 1.165) is 6.61 Å². The lowest BCUT2D eigenvalue weighted by Crippen LogP contribution is -2.10. The van der Waals surface area contributed by atoms with E-state index in [0.29, 0.717) is 30.6 Å². The molecule has 0 aliphatic heterocycles. The Morgan fingerprint density at radius 2 is 2.19 bits per heavy atom. The molecule has 0 aromatic carbocycles. The summed E-state index contributed by atoms with van der Waals surface area (Å²) in [5.41, 5.74) is 0.612. The molecule has 1 N–H and O–H groups in total. The normalized spacial score (nSPS) is 10.8. The maximum absolute atomic E-state index is 8.89. The van der Waals surface area contributed by atoms with Gasteiger partial charge in [-0.3, -0.25) is 4.98 Å². The summed E-state index contributed by atoms with van der Waals surface area (Å²) in [6.07, 6.45) is 1.62. The summed E-state index contributed by atoms with van der Waals surface area (Å²) in [5, 5.41) is 8.89. The number of aliphatic hydroxyl groups excluding tert-OH is 1. The highest BCUT2D eigenvalue weighted by atomic mass is 16.5. The molecular weight excluding hydrogens is 206 g/mol. The van der Waals surface area contributed by atoms with Gasteiger partial charge in [0, 0.05) is 18.9 Å². The van der Waals surface area contributed by atoms with Gasteiger partial charge in [0.1, 0.15) is 12.4 Å². The highest BCUT2D eigenvalue weighted by molar-refractivity contribution is 5.22. The van der Waals surface area contributed by atoms with Crippen LogP contribution >= 0.6 is 0 Å². The van der Waals surface area contributed by atoms with Gasteiger partial charge in [-0.05, 0) is 12.0 Å². The van der Waals surface area contributed by atoms with Crippen LogP contribution in [-0.4, -0.2) is 29.9 Å². The van der Waals surface area contributed by atoms with Gasteiger partial charge in [0.2, 0.25) is 0 Å². The second-order valence-corrected chi connectivity index (χ2v) is 3.96. The highest BCUT2D eigenvalue weighted by Gasteiger charge is 1.98. The van der Waals surface area contributed by atoms with Crippen LogP contribution in [0.3, 0.4) is 0 Å². The molecule has 0 saturated heterocycles. The number of aliphatic hydroxyl groups is 1. The van der Waals surface area contributed by atoms with E-state index in [1.165, 1.54) is 0 Å². The summed E-state index contributed by atoms with van der Waals surface area (Å²) < 4.78 is 10.8. The van der Waals surface area contributed by atoms with Crippen molar-refractivity contribution in [1.82, 2.24) is 4.98 Å². The van der Waals surface area contributed by atoms with Gasteiger partial charge >= 0.3 is 0 Å². The van der Waals surface area contributed by atoms with Crippen LogP contribution in [0.1, 0.15) is 19.5 Å². The molecule has 0 atom stereocenters. The van der Waals surface area contributed by atoms with Crippen molar-refractivity contribution in [2.24, 2.45) is 5.92 Å². The average Bonchev–Trinajstić information content (AvgIpc) is 2.28. The first-order chi connectivity index (χ1) is 7.72. The summed E-state index contributed by atoms with van der Waals surface area (Å²) in [7, 11) is 0. The maximum Gasteiger partial charge on any atom is 0.122 e. The molecule has 0 aliphatic carbocycles. The number of pyridine rings is 1. The number of hydrogen-bond donors (Lipinski definition) is 1. The Bertz CT molecular complexity index is 302. The van der Waals surface area contributed by atoms with Gasteiger partial charge in [0.25, 0.3) is 0 Å². The van der Waals surface area contributed by atoms with E-state index in [4.69, 9.17) is 14.6 Å². The summed E-state index contributed by atoms with van der Waals surface area (Å²) >= 11 is 0. The molecular formula is C12H19NO3. The predicted octanol–water partition coefficient (Wildman–Crippen LogP) is 1.63. The Kier molecular flexibility index (Phi) is 5.82. The van der Waals surface area contributed by atoms with Crippen LogP contribution in [0.4, 0.5) is 0 Å². The van der Waals surface area contributed by atoms with Crippen LogP contribution in [-0.2, 0) is 11.3 Å². The Morgan fingerprint density at radius 3 is 2.88 bits per heavy atom. The number of aromatic nitrogens is 1. The first-order valence-corrected chi connectivity index (χ1v) is 5.48.